The van der Waals surface area contributed by atoms with E-state index in [4.69, 9.17) is 4.74 Å². The van der Waals surface area contributed by atoms with Crippen molar-refractivity contribution in [1.82, 2.24) is 4.98 Å². The van der Waals surface area contributed by atoms with E-state index in [2.05, 4.69) is 25.3 Å². The topological polar surface area (TPSA) is 68.6 Å². The summed E-state index contributed by atoms with van der Waals surface area (Å²) in [4.78, 5) is 16.2. The van der Waals surface area contributed by atoms with E-state index >= 15 is 0 Å². The molecule has 0 aliphatic carbocycles. The summed E-state index contributed by atoms with van der Waals surface area (Å²) < 4.78 is 23.0. The van der Waals surface area contributed by atoms with Crippen LogP contribution in [0.2, 0.25) is 0 Å². The van der Waals surface area contributed by atoms with Gasteiger partial charge in [-0.15, -0.1) is 0 Å². The normalized spacial score (nSPS) is 13.3. The average Bonchev–Trinajstić information content (AvgIpc) is 2.47. The van der Waals surface area contributed by atoms with Crippen LogP contribution < -0.4 is 4.74 Å². The Bertz CT molecular complexity index is 784. The summed E-state index contributed by atoms with van der Waals surface area (Å²) >= 11 is 3.29. The van der Waals surface area contributed by atoms with Crippen LogP contribution in [0.15, 0.2) is 61.2 Å². The quantitative estimate of drug-likeness (QED) is 0.833. The van der Waals surface area contributed by atoms with Gasteiger partial charge in [-0.2, -0.15) is 4.36 Å². The van der Waals surface area contributed by atoms with Gasteiger partial charge in [0.05, 0.1) is 12.0 Å². The number of carbonyl (C=O) groups excluding carboxylic acids is 1. The van der Waals surface area contributed by atoms with Crippen LogP contribution in [-0.4, -0.2) is 22.2 Å². The summed E-state index contributed by atoms with van der Waals surface area (Å²) in [6.45, 7) is 1.26. The molecule has 1 aromatic carbocycles. The van der Waals surface area contributed by atoms with E-state index in [-0.39, 0.29) is 10.8 Å². The molecule has 0 fully saturated rings. The summed E-state index contributed by atoms with van der Waals surface area (Å²) in [5.74, 6) is -0.345. The van der Waals surface area contributed by atoms with Crippen LogP contribution in [0.1, 0.15) is 6.92 Å². The molecular formula is C14H13BrN2O3S. The Morgan fingerprint density at radius 3 is 2.57 bits per heavy atom. The van der Waals surface area contributed by atoms with Gasteiger partial charge in [0.15, 0.2) is 0 Å². The standard InChI is InChI=1S/C14H13BrN2O3S/c1-10(18)17-21(19,12-6-4-3-5-7-12)13-8-11(15)9-16-14(13)20-2/h3-9H,1-2H3. The Kier molecular flexibility index (Phi) is 4.74. The SMILES string of the molecule is COc1ncc(Br)cc1S(=O)(=NC(C)=O)c1ccccc1. The van der Waals surface area contributed by atoms with Crippen molar-refractivity contribution in [2.45, 2.75) is 16.7 Å². The smallest absolute Gasteiger partial charge is 0.251 e. The van der Waals surface area contributed by atoms with E-state index in [0.717, 1.165) is 0 Å². The lowest BCUT2D eigenvalue weighted by Crippen LogP contribution is -2.07. The van der Waals surface area contributed by atoms with E-state index in [1.165, 1.54) is 20.2 Å². The summed E-state index contributed by atoms with van der Waals surface area (Å²) in [5, 5.41) is 0. The zero-order valence-electron chi connectivity index (χ0n) is 11.4. The second-order valence-corrected chi connectivity index (χ2v) is 7.17. The molecule has 0 N–H and O–H groups in total. The maximum Gasteiger partial charge on any atom is 0.251 e. The van der Waals surface area contributed by atoms with Crippen LogP contribution in [0.4, 0.5) is 0 Å². The molecule has 0 spiro atoms. The van der Waals surface area contributed by atoms with Crippen LogP contribution in [0.3, 0.4) is 0 Å². The lowest BCUT2D eigenvalue weighted by molar-refractivity contribution is -0.115. The zero-order valence-corrected chi connectivity index (χ0v) is 13.8. The summed E-state index contributed by atoms with van der Waals surface area (Å²) in [6.07, 6.45) is 1.53. The lowest BCUT2D eigenvalue weighted by Gasteiger charge is -2.13. The highest BCUT2D eigenvalue weighted by Gasteiger charge is 2.23. The molecule has 0 saturated heterocycles. The average molecular weight is 369 g/mol. The first-order valence-electron chi connectivity index (χ1n) is 6.00. The maximum atomic E-state index is 13.4. The molecule has 1 aromatic heterocycles. The predicted octanol–water partition coefficient (Wildman–Crippen LogP) is 3.29. The Morgan fingerprint density at radius 2 is 2.00 bits per heavy atom. The van der Waals surface area contributed by atoms with Gasteiger partial charge in [-0.25, -0.2) is 9.19 Å². The third-order valence-corrected chi connectivity index (χ3v) is 5.34. The fourth-order valence-corrected chi connectivity index (χ4v) is 4.26. The first kappa shape index (κ1) is 15.7. The highest BCUT2D eigenvalue weighted by molar-refractivity contribution is 9.10. The minimum atomic E-state index is -3.15. The van der Waals surface area contributed by atoms with Gasteiger partial charge in [-0.3, -0.25) is 4.79 Å². The third kappa shape index (κ3) is 3.30. The molecule has 1 heterocycles. The van der Waals surface area contributed by atoms with Gasteiger partial charge in [0.25, 0.3) is 5.91 Å². The van der Waals surface area contributed by atoms with Crippen molar-refractivity contribution in [1.29, 1.82) is 0 Å². The van der Waals surface area contributed by atoms with Crippen molar-refractivity contribution in [2.75, 3.05) is 7.11 Å². The van der Waals surface area contributed by atoms with Crippen molar-refractivity contribution in [3.8, 4) is 5.88 Å². The first-order chi connectivity index (χ1) is 9.97. The fourth-order valence-electron chi connectivity index (χ4n) is 1.77. The molecular weight excluding hydrogens is 356 g/mol. The number of benzene rings is 1. The number of halogens is 1. The van der Waals surface area contributed by atoms with Crippen molar-refractivity contribution in [3.63, 3.8) is 0 Å². The Morgan fingerprint density at radius 1 is 1.33 bits per heavy atom. The molecule has 1 unspecified atom stereocenters. The molecule has 0 radical (unpaired) electrons. The summed E-state index contributed by atoms with van der Waals surface area (Å²) in [6, 6.07) is 10.2. The predicted molar refractivity (Wildman–Crippen MR) is 82.7 cm³/mol. The van der Waals surface area contributed by atoms with Gasteiger partial charge in [0, 0.05) is 17.6 Å². The molecule has 0 saturated carbocycles. The molecule has 21 heavy (non-hydrogen) atoms. The van der Waals surface area contributed by atoms with Gasteiger partial charge < -0.3 is 4.74 Å². The van der Waals surface area contributed by atoms with Gasteiger partial charge >= 0.3 is 0 Å². The highest BCUT2D eigenvalue weighted by Crippen LogP contribution is 2.31. The van der Waals surface area contributed by atoms with Crippen molar-refractivity contribution in [2.24, 2.45) is 4.36 Å². The van der Waals surface area contributed by atoms with Crippen molar-refractivity contribution in [3.05, 3.63) is 47.1 Å². The van der Waals surface area contributed by atoms with Crippen molar-refractivity contribution >= 4 is 31.6 Å². The molecule has 110 valence electrons. The number of pyridine rings is 1. The van der Waals surface area contributed by atoms with Crippen LogP contribution in [-0.2, 0) is 14.5 Å². The van der Waals surface area contributed by atoms with Crippen LogP contribution in [0, 0.1) is 0 Å². The maximum absolute atomic E-state index is 13.4. The molecule has 2 rings (SSSR count). The minimum absolute atomic E-state index is 0.178. The fraction of sp³-hybridized carbons (Fsp3) is 0.143. The third-order valence-electron chi connectivity index (χ3n) is 2.60. The largest absolute Gasteiger partial charge is 0.480 e. The van der Waals surface area contributed by atoms with Gasteiger partial charge in [0.1, 0.15) is 14.6 Å². The van der Waals surface area contributed by atoms with Crippen LogP contribution >= 0.6 is 15.9 Å². The number of methoxy groups -OCH3 is 1. The van der Waals surface area contributed by atoms with Crippen LogP contribution in [0.25, 0.3) is 0 Å². The van der Waals surface area contributed by atoms with Crippen LogP contribution in [0.5, 0.6) is 5.88 Å². The first-order valence-corrected chi connectivity index (χ1v) is 8.30. The number of hydrogen-bond donors (Lipinski definition) is 0. The van der Waals surface area contributed by atoms with E-state index in [1.807, 2.05) is 0 Å². The number of aromatic nitrogens is 1. The molecule has 7 heteroatoms. The van der Waals surface area contributed by atoms with E-state index in [0.29, 0.717) is 9.37 Å². The summed E-state index contributed by atoms with van der Waals surface area (Å²) in [5.41, 5.74) is 0. The Balaban J connectivity index is 2.83. The van der Waals surface area contributed by atoms with E-state index < -0.39 is 15.6 Å². The molecule has 0 aliphatic heterocycles. The number of nitrogens with zero attached hydrogens (tertiary/aromatic N) is 2. The number of rotatable bonds is 3. The van der Waals surface area contributed by atoms with Gasteiger partial charge in [0.2, 0.25) is 5.88 Å². The Labute approximate surface area is 131 Å². The monoisotopic (exact) mass is 368 g/mol. The molecule has 5 nitrogen and oxygen atoms in total. The summed E-state index contributed by atoms with van der Waals surface area (Å²) in [7, 11) is -1.72. The molecule has 0 bridgehead atoms. The number of ether oxygens (including phenoxy) is 1. The molecule has 0 aliphatic rings. The minimum Gasteiger partial charge on any atom is -0.480 e. The van der Waals surface area contributed by atoms with E-state index in [9.17, 15) is 9.00 Å². The number of hydrogen-bond acceptors (Lipinski definition) is 4. The second-order valence-electron chi connectivity index (χ2n) is 4.11. The highest BCUT2D eigenvalue weighted by atomic mass is 79.9. The second kappa shape index (κ2) is 6.36. The number of carbonyl (C=O) groups is 1. The molecule has 1 amide bonds. The van der Waals surface area contributed by atoms with Crippen molar-refractivity contribution < 1.29 is 13.7 Å². The molecule has 1 atom stereocenters. The number of amides is 1. The zero-order chi connectivity index (χ0) is 15.5. The lowest BCUT2D eigenvalue weighted by atomic mass is 10.4. The van der Waals surface area contributed by atoms with E-state index in [1.54, 1.807) is 36.4 Å². The van der Waals surface area contributed by atoms with Gasteiger partial charge in [-0.1, -0.05) is 18.2 Å². The Hall–Kier alpha value is -1.73. The molecule has 2 aromatic rings. The van der Waals surface area contributed by atoms with Gasteiger partial charge in [-0.05, 0) is 34.1 Å².